The standard InChI is InChI=1S/C24H21N3O4S/c1-13-7-6-9-16(11-13)20-26-22-19(17(12-32-22)24(30)31)23(29)27(20)15(3)21(28)25-18-10-5-4-8-14(18)2/h4-12,15H,1-3H3,(H,25,28)(H,30,31). The van der Waals surface area contributed by atoms with Crippen LogP contribution in [0, 0.1) is 13.8 Å². The van der Waals surface area contributed by atoms with Gasteiger partial charge in [-0.15, -0.1) is 11.3 Å². The first-order valence-electron chi connectivity index (χ1n) is 9.98. The number of benzene rings is 2. The fraction of sp³-hybridized carbons (Fsp3) is 0.167. The van der Waals surface area contributed by atoms with Gasteiger partial charge < -0.3 is 10.4 Å². The highest BCUT2D eigenvalue weighted by atomic mass is 32.1. The van der Waals surface area contributed by atoms with Crippen molar-refractivity contribution < 1.29 is 14.7 Å². The van der Waals surface area contributed by atoms with Crippen LogP contribution in [0.5, 0.6) is 0 Å². The van der Waals surface area contributed by atoms with E-state index in [1.54, 1.807) is 13.0 Å². The highest BCUT2D eigenvalue weighted by molar-refractivity contribution is 7.17. The second-order valence-electron chi connectivity index (χ2n) is 7.59. The highest BCUT2D eigenvalue weighted by Gasteiger charge is 2.26. The molecule has 2 heterocycles. The number of aromatic carboxylic acids is 1. The maximum absolute atomic E-state index is 13.5. The van der Waals surface area contributed by atoms with Crippen LogP contribution in [0.3, 0.4) is 0 Å². The number of rotatable bonds is 5. The Labute approximate surface area is 188 Å². The summed E-state index contributed by atoms with van der Waals surface area (Å²) in [4.78, 5) is 43.3. The minimum atomic E-state index is -1.21. The molecule has 0 aliphatic rings. The number of carboxylic acids is 1. The molecule has 0 saturated carbocycles. The Hall–Kier alpha value is -3.78. The predicted octanol–water partition coefficient (Wildman–Crippen LogP) is 4.64. The number of hydrogen-bond acceptors (Lipinski definition) is 5. The molecule has 0 fully saturated rings. The molecule has 1 unspecified atom stereocenters. The van der Waals surface area contributed by atoms with Crippen LogP contribution in [0.15, 0.2) is 58.7 Å². The number of nitrogens with zero attached hydrogens (tertiary/aromatic N) is 2. The Morgan fingerprint density at radius 2 is 1.88 bits per heavy atom. The maximum Gasteiger partial charge on any atom is 0.337 e. The Morgan fingerprint density at radius 3 is 2.56 bits per heavy atom. The molecule has 2 aromatic heterocycles. The number of nitrogens with one attached hydrogen (secondary N) is 1. The molecule has 0 bridgehead atoms. The van der Waals surface area contributed by atoms with Crippen molar-refractivity contribution in [1.82, 2.24) is 9.55 Å². The number of para-hydroxylation sites is 1. The number of hydrogen-bond donors (Lipinski definition) is 2. The molecule has 0 aliphatic carbocycles. The zero-order valence-corrected chi connectivity index (χ0v) is 18.6. The van der Waals surface area contributed by atoms with E-state index in [0.717, 1.165) is 22.5 Å². The SMILES string of the molecule is Cc1cccc(-c2nc3scc(C(=O)O)c3c(=O)n2C(C)C(=O)Nc2ccccc2C)c1. The van der Waals surface area contributed by atoms with Crippen molar-refractivity contribution in [2.75, 3.05) is 5.32 Å². The van der Waals surface area contributed by atoms with Gasteiger partial charge in [0.15, 0.2) is 0 Å². The van der Waals surface area contributed by atoms with Gasteiger partial charge in [-0.1, -0.05) is 42.0 Å². The van der Waals surface area contributed by atoms with E-state index in [9.17, 15) is 19.5 Å². The molecule has 1 atom stereocenters. The number of aryl methyl sites for hydroxylation is 2. The van der Waals surface area contributed by atoms with Gasteiger partial charge in [0.25, 0.3) is 5.56 Å². The molecule has 1 amide bonds. The van der Waals surface area contributed by atoms with Gasteiger partial charge in [0, 0.05) is 16.6 Å². The third-order valence-corrected chi connectivity index (χ3v) is 6.19. The van der Waals surface area contributed by atoms with Crippen LogP contribution in [0.25, 0.3) is 21.6 Å². The third-order valence-electron chi connectivity index (χ3n) is 5.32. The van der Waals surface area contributed by atoms with Gasteiger partial charge in [-0.2, -0.15) is 0 Å². The van der Waals surface area contributed by atoms with E-state index < -0.39 is 23.5 Å². The van der Waals surface area contributed by atoms with Gasteiger partial charge in [-0.3, -0.25) is 14.2 Å². The number of thiophene rings is 1. The lowest BCUT2D eigenvalue weighted by Crippen LogP contribution is -2.33. The molecule has 4 aromatic rings. The van der Waals surface area contributed by atoms with Crippen LogP contribution < -0.4 is 10.9 Å². The number of fused-ring (bicyclic) bond motifs is 1. The number of anilines is 1. The number of amides is 1. The van der Waals surface area contributed by atoms with E-state index in [-0.39, 0.29) is 10.9 Å². The second-order valence-corrected chi connectivity index (χ2v) is 8.45. The molecule has 2 aromatic carbocycles. The largest absolute Gasteiger partial charge is 0.478 e. The summed E-state index contributed by atoms with van der Waals surface area (Å²) >= 11 is 1.10. The topological polar surface area (TPSA) is 101 Å². The van der Waals surface area contributed by atoms with Gasteiger partial charge in [0.05, 0.1) is 10.9 Å². The van der Waals surface area contributed by atoms with Crippen LogP contribution in [0.4, 0.5) is 5.69 Å². The van der Waals surface area contributed by atoms with E-state index in [0.29, 0.717) is 21.9 Å². The minimum Gasteiger partial charge on any atom is -0.478 e. The predicted molar refractivity (Wildman–Crippen MR) is 126 cm³/mol. The molecular weight excluding hydrogens is 426 g/mol. The summed E-state index contributed by atoms with van der Waals surface area (Å²) in [5, 5.41) is 13.8. The summed E-state index contributed by atoms with van der Waals surface area (Å²) in [7, 11) is 0. The highest BCUT2D eigenvalue weighted by Crippen LogP contribution is 2.28. The van der Waals surface area contributed by atoms with Crippen LogP contribution in [-0.4, -0.2) is 26.5 Å². The average Bonchev–Trinajstić information content (AvgIpc) is 3.19. The first-order chi connectivity index (χ1) is 15.3. The lowest BCUT2D eigenvalue weighted by Gasteiger charge is -2.20. The van der Waals surface area contributed by atoms with E-state index >= 15 is 0 Å². The molecule has 4 rings (SSSR count). The van der Waals surface area contributed by atoms with Crippen LogP contribution >= 0.6 is 11.3 Å². The van der Waals surface area contributed by atoms with Gasteiger partial charge in [0.2, 0.25) is 5.91 Å². The van der Waals surface area contributed by atoms with Crippen molar-refractivity contribution in [1.29, 1.82) is 0 Å². The van der Waals surface area contributed by atoms with Crippen molar-refractivity contribution in [2.24, 2.45) is 0 Å². The molecule has 0 spiro atoms. The number of carbonyl (C=O) groups is 2. The zero-order valence-electron chi connectivity index (χ0n) is 17.7. The zero-order chi connectivity index (χ0) is 23.0. The first-order valence-corrected chi connectivity index (χ1v) is 10.9. The van der Waals surface area contributed by atoms with E-state index in [1.165, 1.54) is 9.95 Å². The summed E-state index contributed by atoms with van der Waals surface area (Å²) in [6.45, 7) is 5.41. The van der Waals surface area contributed by atoms with Crippen LogP contribution in [-0.2, 0) is 4.79 Å². The quantitative estimate of drug-likeness (QED) is 0.464. The first kappa shape index (κ1) is 21.5. The molecule has 0 radical (unpaired) electrons. The number of aromatic nitrogens is 2. The maximum atomic E-state index is 13.5. The third kappa shape index (κ3) is 3.80. The Morgan fingerprint density at radius 1 is 1.12 bits per heavy atom. The minimum absolute atomic E-state index is 0.00875. The monoisotopic (exact) mass is 447 g/mol. The molecule has 162 valence electrons. The Balaban J connectivity index is 1.91. The molecule has 0 saturated heterocycles. The molecule has 32 heavy (non-hydrogen) atoms. The van der Waals surface area contributed by atoms with Crippen molar-refractivity contribution in [3.05, 3.63) is 81.0 Å². The number of carboxylic acid groups (broad SMARTS) is 1. The summed E-state index contributed by atoms with van der Waals surface area (Å²) in [6, 6.07) is 13.9. The lowest BCUT2D eigenvalue weighted by atomic mass is 10.1. The smallest absolute Gasteiger partial charge is 0.337 e. The molecule has 2 N–H and O–H groups in total. The van der Waals surface area contributed by atoms with Crippen molar-refractivity contribution >= 4 is 39.1 Å². The summed E-state index contributed by atoms with van der Waals surface area (Å²) in [5.41, 5.74) is 2.50. The van der Waals surface area contributed by atoms with Crippen molar-refractivity contribution in [3.63, 3.8) is 0 Å². The van der Waals surface area contributed by atoms with Crippen molar-refractivity contribution in [3.8, 4) is 11.4 Å². The fourth-order valence-electron chi connectivity index (χ4n) is 3.58. The van der Waals surface area contributed by atoms with E-state index in [1.807, 2.05) is 56.3 Å². The molecule has 0 aliphatic heterocycles. The van der Waals surface area contributed by atoms with Gasteiger partial charge >= 0.3 is 5.97 Å². The summed E-state index contributed by atoms with van der Waals surface area (Å²) in [5.74, 6) is -1.29. The molecular formula is C24H21N3O4S. The van der Waals surface area contributed by atoms with Crippen LogP contribution in [0.2, 0.25) is 0 Å². The average molecular weight is 448 g/mol. The van der Waals surface area contributed by atoms with Gasteiger partial charge in [0.1, 0.15) is 16.7 Å². The van der Waals surface area contributed by atoms with Crippen LogP contribution in [0.1, 0.15) is 34.5 Å². The van der Waals surface area contributed by atoms with Gasteiger partial charge in [-0.05, 0) is 38.5 Å². The summed E-state index contributed by atoms with van der Waals surface area (Å²) < 4.78 is 1.28. The second kappa shape index (κ2) is 8.39. The molecule has 7 nitrogen and oxygen atoms in total. The Bertz CT molecular complexity index is 1420. The van der Waals surface area contributed by atoms with Crippen molar-refractivity contribution in [2.45, 2.75) is 26.8 Å². The fourth-order valence-corrected chi connectivity index (χ4v) is 4.48. The van der Waals surface area contributed by atoms with Gasteiger partial charge in [-0.25, -0.2) is 9.78 Å². The summed E-state index contributed by atoms with van der Waals surface area (Å²) in [6.07, 6.45) is 0. The Kier molecular flexibility index (Phi) is 5.63. The van der Waals surface area contributed by atoms with E-state index in [4.69, 9.17) is 0 Å². The molecule has 8 heteroatoms. The lowest BCUT2D eigenvalue weighted by molar-refractivity contribution is -0.118. The van der Waals surface area contributed by atoms with E-state index in [2.05, 4.69) is 10.3 Å². The normalized spacial score (nSPS) is 12.0. The number of carbonyl (C=O) groups excluding carboxylic acids is 1.